The molecule has 0 aliphatic heterocycles. The Labute approximate surface area is 140 Å². The zero-order chi connectivity index (χ0) is 16.8. The lowest BCUT2D eigenvalue weighted by Crippen LogP contribution is -2.37. The Morgan fingerprint density at radius 1 is 1.25 bits per heavy atom. The normalized spacial score (nSPS) is 12.0. The van der Waals surface area contributed by atoms with Crippen molar-refractivity contribution in [2.45, 2.75) is 26.0 Å². The monoisotopic (exact) mass is 324 g/mol. The number of hydrogen-bond acceptors (Lipinski definition) is 4. The number of benzene rings is 2. The molecule has 1 heterocycles. The third-order valence-electron chi connectivity index (χ3n) is 3.73. The van der Waals surface area contributed by atoms with E-state index in [9.17, 15) is 4.79 Å². The number of nitrogens with one attached hydrogen (secondary N) is 1. The fourth-order valence-corrected chi connectivity index (χ4v) is 2.44. The summed E-state index contributed by atoms with van der Waals surface area (Å²) in [5.74, 6) is 0.570. The van der Waals surface area contributed by atoms with Crippen molar-refractivity contribution in [3.8, 4) is 5.75 Å². The molecule has 0 aliphatic carbocycles. The number of hydrogen-bond donors (Lipinski definition) is 1. The summed E-state index contributed by atoms with van der Waals surface area (Å²) in [6, 6.07) is 13.9. The summed E-state index contributed by atoms with van der Waals surface area (Å²) < 4.78 is 7.48. The molecular formula is C18H20N4O2. The fraction of sp³-hybridized carbons (Fsp3) is 0.278. The van der Waals surface area contributed by atoms with E-state index in [2.05, 4.69) is 15.4 Å². The molecule has 3 aromatic rings. The second-order valence-corrected chi connectivity index (χ2v) is 5.57. The lowest BCUT2D eigenvalue weighted by atomic mass is 10.1. The van der Waals surface area contributed by atoms with Gasteiger partial charge in [-0.2, -0.15) is 5.10 Å². The number of aryl methyl sites for hydroxylation is 1. The van der Waals surface area contributed by atoms with Crippen LogP contribution in [-0.4, -0.2) is 33.3 Å². The number of rotatable bonds is 7. The van der Waals surface area contributed by atoms with Crippen LogP contribution in [0.2, 0.25) is 0 Å². The maximum absolute atomic E-state index is 12.1. The van der Waals surface area contributed by atoms with Crippen LogP contribution >= 0.6 is 0 Å². The van der Waals surface area contributed by atoms with Gasteiger partial charge in [0.05, 0.1) is 0 Å². The lowest BCUT2D eigenvalue weighted by molar-refractivity contribution is -0.127. The van der Waals surface area contributed by atoms with Gasteiger partial charge in [-0.1, -0.05) is 30.3 Å². The topological polar surface area (TPSA) is 69.0 Å². The summed E-state index contributed by atoms with van der Waals surface area (Å²) in [6.07, 6.45) is 3.40. The standard InChI is InChI=1S/C18H20N4O2/c1-14(18(23)20-9-4-10-22-13-19-12-21-22)24-17-8-7-15-5-2-3-6-16(15)11-17/h2-3,5-8,11-14H,4,9-10H2,1H3,(H,20,23)/t14-/m1/s1. The second-order valence-electron chi connectivity index (χ2n) is 5.57. The number of carbonyl (C=O) groups is 1. The summed E-state index contributed by atoms with van der Waals surface area (Å²) >= 11 is 0. The van der Waals surface area contributed by atoms with Gasteiger partial charge in [0.25, 0.3) is 5.91 Å². The molecule has 6 nitrogen and oxygen atoms in total. The summed E-state index contributed by atoms with van der Waals surface area (Å²) in [5.41, 5.74) is 0. The zero-order valence-electron chi connectivity index (χ0n) is 13.6. The molecule has 0 radical (unpaired) electrons. The Hall–Kier alpha value is -2.89. The number of carbonyl (C=O) groups excluding carboxylic acids is 1. The first-order valence-corrected chi connectivity index (χ1v) is 7.98. The summed E-state index contributed by atoms with van der Waals surface area (Å²) in [6.45, 7) is 3.05. The lowest BCUT2D eigenvalue weighted by Gasteiger charge is -2.15. The van der Waals surface area contributed by atoms with E-state index < -0.39 is 6.10 Å². The Bertz CT molecular complexity index is 802. The predicted molar refractivity (Wildman–Crippen MR) is 91.7 cm³/mol. The molecule has 0 saturated carbocycles. The first kappa shape index (κ1) is 16.0. The number of ether oxygens (including phenoxy) is 1. The number of fused-ring (bicyclic) bond motifs is 1. The molecule has 124 valence electrons. The molecule has 0 unspecified atom stereocenters. The van der Waals surface area contributed by atoms with E-state index in [1.165, 1.54) is 6.33 Å². The summed E-state index contributed by atoms with van der Waals surface area (Å²) in [4.78, 5) is 16.0. The Morgan fingerprint density at radius 3 is 2.88 bits per heavy atom. The van der Waals surface area contributed by atoms with Gasteiger partial charge in [0.1, 0.15) is 18.4 Å². The van der Waals surface area contributed by atoms with Gasteiger partial charge < -0.3 is 10.1 Å². The molecule has 0 fully saturated rings. The van der Waals surface area contributed by atoms with Crippen molar-refractivity contribution in [1.29, 1.82) is 0 Å². The Kier molecular flexibility index (Phi) is 5.05. The van der Waals surface area contributed by atoms with Crippen molar-refractivity contribution in [2.24, 2.45) is 0 Å². The van der Waals surface area contributed by atoms with E-state index in [4.69, 9.17) is 4.74 Å². The van der Waals surface area contributed by atoms with Crippen LogP contribution < -0.4 is 10.1 Å². The Morgan fingerprint density at radius 2 is 2.08 bits per heavy atom. The average Bonchev–Trinajstić information content (AvgIpc) is 3.12. The highest BCUT2D eigenvalue weighted by molar-refractivity contribution is 5.84. The maximum Gasteiger partial charge on any atom is 0.260 e. The average molecular weight is 324 g/mol. The first-order valence-electron chi connectivity index (χ1n) is 7.98. The number of amides is 1. The van der Waals surface area contributed by atoms with Crippen LogP contribution in [0.1, 0.15) is 13.3 Å². The van der Waals surface area contributed by atoms with Crippen LogP contribution in [-0.2, 0) is 11.3 Å². The molecule has 1 atom stereocenters. The zero-order valence-corrected chi connectivity index (χ0v) is 13.6. The van der Waals surface area contributed by atoms with Crippen molar-refractivity contribution < 1.29 is 9.53 Å². The van der Waals surface area contributed by atoms with Gasteiger partial charge in [-0.3, -0.25) is 9.48 Å². The van der Waals surface area contributed by atoms with Gasteiger partial charge in [-0.25, -0.2) is 4.98 Å². The van der Waals surface area contributed by atoms with Crippen molar-refractivity contribution in [2.75, 3.05) is 6.54 Å². The van der Waals surface area contributed by atoms with Crippen LogP contribution in [0.15, 0.2) is 55.1 Å². The molecule has 3 rings (SSSR count). The summed E-state index contributed by atoms with van der Waals surface area (Å²) in [5, 5.41) is 9.13. The predicted octanol–water partition coefficient (Wildman–Crippen LogP) is 2.41. The quantitative estimate of drug-likeness (QED) is 0.678. The van der Waals surface area contributed by atoms with Crippen LogP contribution in [0.4, 0.5) is 0 Å². The van der Waals surface area contributed by atoms with Crippen LogP contribution in [0.25, 0.3) is 10.8 Å². The van der Waals surface area contributed by atoms with Gasteiger partial charge in [0, 0.05) is 13.1 Å². The molecule has 0 bridgehead atoms. The smallest absolute Gasteiger partial charge is 0.260 e. The number of nitrogens with zero attached hydrogens (tertiary/aromatic N) is 3. The van der Waals surface area contributed by atoms with Crippen LogP contribution in [0.3, 0.4) is 0 Å². The van der Waals surface area contributed by atoms with Crippen LogP contribution in [0, 0.1) is 0 Å². The third kappa shape index (κ3) is 4.10. The van der Waals surface area contributed by atoms with Gasteiger partial charge in [-0.15, -0.1) is 0 Å². The van der Waals surface area contributed by atoms with Gasteiger partial charge in [-0.05, 0) is 36.2 Å². The second kappa shape index (κ2) is 7.59. The SMILES string of the molecule is C[C@@H](Oc1ccc2ccccc2c1)C(=O)NCCCn1cncn1. The van der Waals surface area contributed by atoms with E-state index in [1.54, 1.807) is 17.9 Å². The minimum absolute atomic E-state index is 0.123. The molecule has 2 aromatic carbocycles. The van der Waals surface area contributed by atoms with E-state index in [-0.39, 0.29) is 5.91 Å². The van der Waals surface area contributed by atoms with Crippen molar-refractivity contribution in [1.82, 2.24) is 20.1 Å². The largest absolute Gasteiger partial charge is 0.481 e. The molecule has 0 aliphatic rings. The highest BCUT2D eigenvalue weighted by atomic mass is 16.5. The van der Waals surface area contributed by atoms with Gasteiger partial charge >= 0.3 is 0 Å². The highest BCUT2D eigenvalue weighted by Gasteiger charge is 2.14. The van der Waals surface area contributed by atoms with Crippen molar-refractivity contribution >= 4 is 16.7 Å². The molecule has 1 N–H and O–H groups in total. The molecule has 24 heavy (non-hydrogen) atoms. The highest BCUT2D eigenvalue weighted by Crippen LogP contribution is 2.21. The first-order chi connectivity index (χ1) is 11.7. The molecular weight excluding hydrogens is 304 g/mol. The van der Waals surface area contributed by atoms with Gasteiger partial charge in [0.2, 0.25) is 0 Å². The van der Waals surface area contributed by atoms with E-state index in [0.717, 1.165) is 23.7 Å². The maximum atomic E-state index is 12.1. The molecule has 6 heteroatoms. The minimum atomic E-state index is -0.544. The molecule has 1 aromatic heterocycles. The van der Waals surface area contributed by atoms with E-state index in [0.29, 0.717) is 12.3 Å². The van der Waals surface area contributed by atoms with E-state index in [1.807, 2.05) is 42.5 Å². The molecule has 1 amide bonds. The van der Waals surface area contributed by atoms with Gasteiger partial charge in [0.15, 0.2) is 6.10 Å². The minimum Gasteiger partial charge on any atom is -0.481 e. The Balaban J connectivity index is 1.47. The van der Waals surface area contributed by atoms with Crippen molar-refractivity contribution in [3.63, 3.8) is 0 Å². The summed E-state index contributed by atoms with van der Waals surface area (Å²) in [7, 11) is 0. The van der Waals surface area contributed by atoms with Crippen molar-refractivity contribution in [3.05, 3.63) is 55.1 Å². The molecule has 0 spiro atoms. The van der Waals surface area contributed by atoms with E-state index >= 15 is 0 Å². The fourth-order valence-electron chi connectivity index (χ4n) is 2.44. The number of aromatic nitrogens is 3. The molecule has 0 saturated heterocycles. The third-order valence-corrected chi connectivity index (χ3v) is 3.73. The van der Waals surface area contributed by atoms with Crippen LogP contribution in [0.5, 0.6) is 5.75 Å².